The summed E-state index contributed by atoms with van der Waals surface area (Å²) in [6.45, 7) is 2.27. The van der Waals surface area contributed by atoms with E-state index in [1.807, 2.05) is 0 Å². The molecule has 8 nitrogen and oxygen atoms in total. The maximum Gasteiger partial charge on any atom is 0.311 e. The standard InChI is InChI=1S/C16H20N2O6/c1-22-14-9-12-3-5-17(16(19)15-10-23-6-7-24-15)4-2-11(12)8-13(14)18(20)21/h8-9,15H,2-7,10H2,1H3. The van der Waals surface area contributed by atoms with E-state index < -0.39 is 11.0 Å². The zero-order chi connectivity index (χ0) is 17.1. The van der Waals surface area contributed by atoms with Gasteiger partial charge in [-0.05, 0) is 30.0 Å². The number of carbonyl (C=O) groups is 1. The molecule has 130 valence electrons. The van der Waals surface area contributed by atoms with Crippen molar-refractivity contribution in [2.24, 2.45) is 0 Å². The fourth-order valence-corrected chi connectivity index (χ4v) is 3.10. The van der Waals surface area contributed by atoms with Gasteiger partial charge in [-0.2, -0.15) is 0 Å². The van der Waals surface area contributed by atoms with Gasteiger partial charge >= 0.3 is 5.69 Å². The Morgan fingerprint density at radius 2 is 2.00 bits per heavy atom. The van der Waals surface area contributed by atoms with Crippen molar-refractivity contribution in [2.75, 3.05) is 40.0 Å². The van der Waals surface area contributed by atoms with Crippen LogP contribution in [0.1, 0.15) is 11.1 Å². The topological polar surface area (TPSA) is 91.1 Å². The first-order valence-electron chi connectivity index (χ1n) is 7.92. The van der Waals surface area contributed by atoms with Gasteiger partial charge in [-0.1, -0.05) is 0 Å². The number of hydrogen-bond acceptors (Lipinski definition) is 6. The van der Waals surface area contributed by atoms with E-state index >= 15 is 0 Å². The fourth-order valence-electron chi connectivity index (χ4n) is 3.10. The number of ether oxygens (including phenoxy) is 3. The Hall–Kier alpha value is -2.19. The molecule has 1 unspecified atom stereocenters. The Morgan fingerprint density at radius 3 is 2.58 bits per heavy atom. The van der Waals surface area contributed by atoms with Crippen LogP contribution in [0.4, 0.5) is 5.69 Å². The number of fused-ring (bicyclic) bond motifs is 1. The number of methoxy groups -OCH3 is 1. The third kappa shape index (κ3) is 3.34. The van der Waals surface area contributed by atoms with Crippen LogP contribution in [0.5, 0.6) is 5.75 Å². The minimum atomic E-state index is -0.552. The van der Waals surface area contributed by atoms with E-state index in [0.29, 0.717) is 39.1 Å². The molecule has 0 radical (unpaired) electrons. The Kier molecular flexibility index (Phi) is 4.96. The molecule has 0 aliphatic carbocycles. The van der Waals surface area contributed by atoms with Gasteiger partial charge in [-0.25, -0.2) is 0 Å². The average molecular weight is 336 g/mol. The SMILES string of the molecule is COc1cc2c(cc1[N+](=O)[O-])CCN(C(=O)C1COCCO1)CC2. The monoisotopic (exact) mass is 336 g/mol. The van der Waals surface area contributed by atoms with E-state index in [4.69, 9.17) is 14.2 Å². The zero-order valence-corrected chi connectivity index (χ0v) is 13.5. The van der Waals surface area contributed by atoms with Crippen molar-refractivity contribution in [1.82, 2.24) is 4.90 Å². The van der Waals surface area contributed by atoms with E-state index in [2.05, 4.69) is 0 Å². The lowest BCUT2D eigenvalue weighted by molar-refractivity contribution is -0.385. The van der Waals surface area contributed by atoms with Crippen LogP contribution in [-0.2, 0) is 27.1 Å². The smallest absolute Gasteiger partial charge is 0.311 e. The van der Waals surface area contributed by atoms with Gasteiger partial charge in [0.2, 0.25) is 0 Å². The second-order valence-corrected chi connectivity index (χ2v) is 5.81. The molecule has 2 heterocycles. The Labute approximate surface area is 139 Å². The van der Waals surface area contributed by atoms with Crippen LogP contribution < -0.4 is 4.74 Å². The molecule has 1 atom stereocenters. The summed E-state index contributed by atoms with van der Waals surface area (Å²) >= 11 is 0. The zero-order valence-electron chi connectivity index (χ0n) is 13.5. The van der Waals surface area contributed by atoms with Crippen molar-refractivity contribution in [3.05, 3.63) is 33.4 Å². The first kappa shape index (κ1) is 16.7. The highest BCUT2D eigenvalue weighted by Gasteiger charge is 2.29. The van der Waals surface area contributed by atoms with Gasteiger partial charge in [-0.15, -0.1) is 0 Å². The van der Waals surface area contributed by atoms with Gasteiger partial charge < -0.3 is 19.1 Å². The molecule has 2 aliphatic rings. The molecule has 0 saturated carbocycles. The number of carbonyl (C=O) groups excluding carboxylic acids is 1. The number of nitro benzene ring substituents is 1. The number of rotatable bonds is 3. The summed E-state index contributed by atoms with van der Waals surface area (Å²) in [7, 11) is 1.42. The second kappa shape index (κ2) is 7.14. The van der Waals surface area contributed by atoms with Crippen LogP contribution in [0.15, 0.2) is 12.1 Å². The largest absolute Gasteiger partial charge is 0.490 e. The molecule has 0 N–H and O–H groups in total. The van der Waals surface area contributed by atoms with Gasteiger partial charge in [-0.3, -0.25) is 14.9 Å². The summed E-state index contributed by atoms with van der Waals surface area (Å²) in [5, 5.41) is 11.2. The van der Waals surface area contributed by atoms with Crippen molar-refractivity contribution in [1.29, 1.82) is 0 Å². The van der Waals surface area contributed by atoms with Gasteiger partial charge in [0.1, 0.15) is 0 Å². The summed E-state index contributed by atoms with van der Waals surface area (Å²) in [6.07, 6.45) is 0.645. The van der Waals surface area contributed by atoms with E-state index in [9.17, 15) is 14.9 Å². The molecule has 1 amide bonds. The highest BCUT2D eigenvalue weighted by Crippen LogP contribution is 2.32. The van der Waals surface area contributed by atoms with Crippen LogP contribution in [-0.4, -0.2) is 61.9 Å². The lowest BCUT2D eigenvalue weighted by atomic mass is 10.0. The van der Waals surface area contributed by atoms with Crippen molar-refractivity contribution in [3.8, 4) is 5.75 Å². The molecular weight excluding hydrogens is 316 g/mol. The average Bonchev–Trinajstić information content (AvgIpc) is 2.82. The molecule has 3 rings (SSSR count). The van der Waals surface area contributed by atoms with Crippen LogP contribution in [0.3, 0.4) is 0 Å². The van der Waals surface area contributed by atoms with E-state index in [-0.39, 0.29) is 24.0 Å². The lowest BCUT2D eigenvalue weighted by Crippen LogP contribution is -2.46. The fraction of sp³-hybridized carbons (Fsp3) is 0.562. The van der Waals surface area contributed by atoms with Crippen LogP contribution >= 0.6 is 0 Å². The molecule has 1 aromatic rings. The highest BCUT2D eigenvalue weighted by atomic mass is 16.6. The van der Waals surface area contributed by atoms with Gasteiger partial charge in [0.05, 0.1) is 31.9 Å². The van der Waals surface area contributed by atoms with Crippen molar-refractivity contribution in [3.63, 3.8) is 0 Å². The molecule has 8 heteroatoms. The molecule has 2 aliphatic heterocycles. The predicted octanol–water partition coefficient (Wildman–Crippen LogP) is 0.946. The van der Waals surface area contributed by atoms with E-state index in [1.165, 1.54) is 7.11 Å². The van der Waals surface area contributed by atoms with Crippen molar-refractivity contribution >= 4 is 11.6 Å². The van der Waals surface area contributed by atoms with Crippen LogP contribution in [0, 0.1) is 10.1 Å². The minimum absolute atomic E-state index is 0.0416. The molecular formula is C16H20N2O6. The Morgan fingerprint density at radius 1 is 1.29 bits per heavy atom. The first-order valence-corrected chi connectivity index (χ1v) is 7.92. The maximum absolute atomic E-state index is 12.5. The molecule has 0 spiro atoms. The normalized spacial score (nSPS) is 20.9. The number of nitrogens with zero attached hydrogens (tertiary/aromatic N) is 2. The third-order valence-corrected chi connectivity index (χ3v) is 4.40. The van der Waals surface area contributed by atoms with Gasteiger partial charge in [0, 0.05) is 19.2 Å². The summed E-state index contributed by atoms with van der Waals surface area (Å²) in [5.74, 6) is 0.173. The number of hydrogen-bond donors (Lipinski definition) is 0. The quantitative estimate of drug-likeness (QED) is 0.603. The second-order valence-electron chi connectivity index (χ2n) is 5.81. The minimum Gasteiger partial charge on any atom is -0.490 e. The highest BCUT2D eigenvalue weighted by molar-refractivity contribution is 5.81. The lowest BCUT2D eigenvalue weighted by Gasteiger charge is -2.28. The number of benzene rings is 1. The molecule has 24 heavy (non-hydrogen) atoms. The molecule has 1 saturated heterocycles. The number of amides is 1. The summed E-state index contributed by atoms with van der Waals surface area (Å²) in [4.78, 5) is 25.0. The Bertz CT molecular complexity index is 642. The van der Waals surface area contributed by atoms with Gasteiger partial charge in [0.25, 0.3) is 5.91 Å². The van der Waals surface area contributed by atoms with E-state index in [1.54, 1.807) is 17.0 Å². The molecule has 0 bridgehead atoms. The van der Waals surface area contributed by atoms with Crippen LogP contribution in [0.25, 0.3) is 0 Å². The molecule has 0 aromatic heterocycles. The van der Waals surface area contributed by atoms with Gasteiger partial charge in [0.15, 0.2) is 11.9 Å². The molecule has 1 aromatic carbocycles. The Balaban J connectivity index is 1.76. The summed E-state index contributed by atoms with van der Waals surface area (Å²) < 4.78 is 15.9. The summed E-state index contributed by atoms with van der Waals surface area (Å²) in [5.41, 5.74) is 1.83. The van der Waals surface area contributed by atoms with Crippen molar-refractivity contribution in [2.45, 2.75) is 18.9 Å². The summed E-state index contributed by atoms with van der Waals surface area (Å²) in [6, 6.07) is 3.27. The molecule has 1 fully saturated rings. The first-order chi connectivity index (χ1) is 11.6. The third-order valence-electron chi connectivity index (χ3n) is 4.40. The predicted molar refractivity (Wildman–Crippen MR) is 84.2 cm³/mol. The maximum atomic E-state index is 12.5. The van der Waals surface area contributed by atoms with E-state index in [0.717, 1.165) is 11.1 Å². The van der Waals surface area contributed by atoms with Crippen LogP contribution in [0.2, 0.25) is 0 Å². The number of nitro groups is 1. The van der Waals surface area contributed by atoms with Crippen molar-refractivity contribution < 1.29 is 23.9 Å².